The van der Waals surface area contributed by atoms with Gasteiger partial charge in [0.1, 0.15) is 0 Å². The summed E-state index contributed by atoms with van der Waals surface area (Å²) in [5.41, 5.74) is 0. The van der Waals surface area contributed by atoms with Crippen molar-refractivity contribution in [2.75, 3.05) is 0 Å². The molecule has 0 aliphatic rings. The van der Waals surface area contributed by atoms with Gasteiger partial charge in [0.15, 0.2) is 0 Å². The maximum atomic E-state index is 0. The molecule has 5 heteroatoms. The maximum Gasteiger partial charge on any atom is 0 e. The van der Waals surface area contributed by atoms with Crippen molar-refractivity contribution in [2.45, 2.75) is 0 Å². The van der Waals surface area contributed by atoms with Crippen LogP contribution in [0.15, 0.2) is 0 Å². The van der Waals surface area contributed by atoms with Crippen LogP contribution in [0.5, 0.6) is 0 Å². The molecule has 0 saturated carbocycles. The van der Waals surface area contributed by atoms with Crippen LogP contribution in [0.2, 0.25) is 0 Å². The van der Waals surface area contributed by atoms with E-state index < -0.39 is 0 Å². The standard InChI is InChI=1S/Co.Li.Mn.Ni.H3P.H/h;;;;1H3;. The summed E-state index contributed by atoms with van der Waals surface area (Å²) in [6, 6.07) is 0. The molecule has 0 rings (SSSR count). The van der Waals surface area contributed by atoms with E-state index in [9.17, 15) is 0 Å². The molecular weight excluding hydrogens is 210 g/mol. The number of rotatable bonds is 0. The van der Waals surface area contributed by atoms with Crippen molar-refractivity contribution in [3.05, 3.63) is 0 Å². The molecule has 1 unspecified atom stereocenters. The van der Waals surface area contributed by atoms with E-state index in [-0.39, 0.29) is 79.1 Å². The largest absolute Gasteiger partial charge is 0 e. The Morgan fingerprint density at radius 1 is 1.00 bits per heavy atom. The summed E-state index contributed by atoms with van der Waals surface area (Å²) in [4.78, 5) is 0. The van der Waals surface area contributed by atoms with Crippen LogP contribution in [0, 0.1) is 0 Å². The van der Waals surface area contributed by atoms with Crippen LogP contribution in [0.3, 0.4) is 0 Å². The predicted molar refractivity (Wildman–Crippen MR) is 18.3 cm³/mol. The van der Waals surface area contributed by atoms with Gasteiger partial charge in [-0.15, -0.1) is 0 Å². The Morgan fingerprint density at radius 2 is 1.00 bits per heavy atom. The van der Waals surface area contributed by atoms with Crippen molar-refractivity contribution in [1.29, 1.82) is 0 Å². The normalized spacial score (nSPS) is 0. The van der Waals surface area contributed by atoms with Gasteiger partial charge in [0.2, 0.25) is 0 Å². The zero-order valence-corrected chi connectivity index (χ0v) is 6.36. The Kier molecular flexibility index (Phi) is 310. The zero-order chi connectivity index (χ0) is 0. The van der Waals surface area contributed by atoms with E-state index in [1.807, 2.05) is 0 Å². The van der Waals surface area contributed by atoms with Gasteiger partial charge in [0.25, 0.3) is 0 Å². The number of hydrogen-bond donors (Lipinski definition) is 0. The van der Waals surface area contributed by atoms with Crippen LogP contribution in [-0.2, 0) is 50.3 Å². The second-order valence-electron chi connectivity index (χ2n) is 0. The molecule has 2 radical (unpaired) electrons. The summed E-state index contributed by atoms with van der Waals surface area (Å²) in [5.74, 6) is 0. The molecule has 0 aromatic carbocycles. The van der Waals surface area contributed by atoms with Gasteiger partial charge in [0, 0.05) is 50.3 Å². The number of hydrogen-bond acceptors (Lipinski definition) is 0. The molecule has 0 aliphatic heterocycles. The summed E-state index contributed by atoms with van der Waals surface area (Å²) in [6.45, 7) is 0. The van der Waals surface area contributed by atoms with E-state index >= 15 is 0 Å². The van der Waals surface area contributed by atoms with Crippen molar-refractivity contribution in [3.8, 4) is 0 Å². The van der Waals surface area contributed by atoms with Gasteiger partial charge >= 0.3 is 18.9 Å². The third-order valence-corrected chi connectivity index (χ3v) is 0. The minimum atomic E-state index is 0. The molecule has 36 valence electrons. The first kappa shape index (κ1) is 49.9. The van der Waals surface area contributed by atoms with Crippen molar-refractivity contribution >= 4 is 28.8 Å². The van der Waals surface area contributed by atoms with Crippen LogP contribution >= 0.6 is 9.90 Å². The van der Waals surface area contributed by atoms with Gasteiger partial charge in [-0.2, -0.15) is 9.90 Å². The quantitative estimate of drug-likeness (QED) is 0.373. The summed E-state index contributed by atoms with van der Waals surface area (Å²) >= 11 is 0. The second kappa shape index (κ2) is 31.1. The molecule has 0 spiro atoms. The van der Waals surface area contributed by atoms with Crippen LogP contribution in [-0.4, -0.2) is 18.9 Å². The monoisotopic (exact) mass is 214 g/mol. The topological polar surface area (TPSA) is 0 Å². The van der Waals surface area contributed by atoms with E-state index in [4.69, 9.17) is 0 Å². The molecule has 1 atom stereocenters. The summed E-state index contributed by atoms with van der Waals surface area (Å²) in [7, 11) is 0. The fraction of sp³-hybridized carbons (Fsp3) is 0. The first-order chi connectivity index (χ1) is 0. The maximum absolute atomic E-state index is 0. The molecule has 0 aliphatic carbocycles. The Labute approximate surface area is 78.4 Å². The SMILES string of the molecule is P.[Co].[LiH].[Mn].[Ni]. The van der Waals surface area contributed by atoms with Crippen molar-refractivity contribution in [2.24, 2.45) is 0 Å². The van der Waals surface area contributed by atoms with Gasteiger partial charge in [-0.25, -0.2) is 0 Å². The fourth-order valence-electron chi connectivity index (χ4n) is 0. The average molecular weight is 215 g/mol. The van der Waals surface area contributed by atoms with Crippen LogP contribution in [0.4, 0.5) is 0 Å². The second-order valence-corrected chi connectivity index (χ2v) is 0. The third kappa shape index (κ3) is 20.9. The Balaban J connectivity index is 0. The molecule has 0 nitrogen and oxygen atoms in total. The molecular formula is H4CoLiMnNiP. The zero-order valence-electron chi connectivity index (χ0n) is 1.73. The molecule has 0 fully saturated rings. The molecule has 0 heterocycles. The summed E-state index contributed by atoms with van der Waals surface area (Å²) in [5, 5.41) is 0. The van der Waals surface area contributed by atoms with Crippen molar-refractivity contribution < 1.29 is 50.3 Å². The van der Waals surface area contributed by atoms with Crippen LogP contribution in [0.1, 0.15) is 0 Å². The molecule has 0 N–H and O–H groups in total. The van der Waals surface area contributed by atoms with E-state index in [2.05, 4.69) is 0 Å². The van der Waals surface area contributed by atoms with E-state index in [1.165, 1.54) is 0 Å². The Bertz CT molecular complexity index is 11.6. The molecule has 5 heavy (non-hydrogen) atoms. The van der Waals surface area contributed by atoms with Crippen LogP contribution in [0.25, 0.3) is 0 Å². The fourth-order valence-corrected chi connectivity index (χ4v) is 0. The molecule has 0 amide bonds. The van der Waals surface area contributed by atoms with Gasteiger partial charge < -0.3 is 0 Å². The first-order valence-corrected chi connectivity index (χ1v) is 0. The van der Waals surface area contributed by atoms with Crippen molar-refractivity contribution in [1.82, 2.24) is 0 Å². The van der Waals surface area contributed by atoms with Gasteiger partial charge in [-0.05, 0) is 0 Å². The van der Waals surface area contributed by atoms with E-state index in [1.54, 1.807) is 0 Å². The summed E-state index contributed by atoms with van der Waals surface area (Å²) < 4.78 is 0. The minimum Gasteiger partial charge on any atom is 0 e. The van der Waals surface area contributed by atoms with Crippen molar-refractivity contribution in [3.63, 3.8) is 0 Å². The first-order valence-electron chi connectivity index (χ1n) is 0. The van der Waals surface area contributed by atoms with Gasteiger partial charge in [0.05, 0.1) is 0 Å². The van der Waals surface area contributed by atoms with E-state index in [0.717, 1.165) is 0 Å². The predicted octanol–water partition coefficient (Wildman–Crippen LogP) is -0.598. The van der Waals surface area contributed by atoms with E-state index in [0.29, 0.717) is 0 Å². The molecule has 0 saturated heterocycles. The smallest absolute Gasteiger partial charge is 0 e. The van der Waals surface area contributed by atoms with Gasteiger partial charge in [-0.3, -0.25) is 0 Å². The molecule has 0 bridgehead atoms. The van der Waals surface area contributed by atoms with Crippen LogP contribution < -0.4 is 0 Å². The molecule has 0 aromatic rings. The third-order valence-electron chi connectivity index (χ3n) is 0. The Morgan fingerprint density at radius 3 is 1.00 bits per heavy atom. The average Bonchev–Trinajstić information content (AvgIpc) is 0. The summed E-state index contributed by atoms with van der Waals surface area (Å²) in [6.07, 6.45) is 0. The Hall–Kier alpha value is 2.55. The van der Waals surface area contributed by atoms with Gasteiger partial charge in [-0.1, -0.05) is 0 Å². The minimum absolute atomic E-state index is 0. The molecule has 0 aromatic heterocycles.